The van der Waals surface area contributed by atoms with Gasteiger partial charge in [-0.1, -0.05) is 60.6 Å². The van der Waals surface area contributed by atoms with Crippen molar-refractivity contribution in [1.82, 2.24) is 0 Å². The lowest BCUT2D eigenvalue weighted by Gasteiger charge is -2.32. The molecule has 0 saturated carbocycles. The molecular weight excluding hydrogens is 452 g/mol. The van der Waals surface area contributed by atoms with Crippen LogP contribution < -0.4 is 4.74 Å². The lowest BCUT2D eigenvalue weighted by atomic mass is 9.74. The Labute approximate surface area is 206 Å². The van der Waals surface area contributed by atoms with Crippen molar-refractivity contribution in [1.29, 1.82) is 0 Å². The second kappa shape index (κ2) is 11.9. The van der Waals surface area contributed by atoms with Crippen LogP contribution in [0.1, 0.15) is 87.8 Å². The topological polar surface area (TPSA) is 63.6 Å². The quantitative estimate of drug-likeness (QED) is 0.413. The van der Waals surface area contributed by atoms with Gasteiger partial charge in [-0.15, -0.1) is 11.3 Å². The smallest absolute Gasteiger partial charge is 0.152 e. The molecule has 0 fully saturated rings. The molecule has 1 atom stereocenters. The lowest BCUT2D eigenvalue weighted by molar-refractivity contribution is 0.0216. The largest absolute Gasteiger partial charge is 0.491 e. The highest BCUT2D eigenvalue weighted by Crippen LogP contribution is 2.44. The number of hydrogen-bond donors (Lipinski definition) is 1. The number of ether oxygens (including phenoxy) is 1. The molecule has 2 rings (SSSR count). The molecule has 0 amide bonds. The summed E-state index contributed by atoms with van der Waals surface area (Å²) in [5.41, 5.74) is 2.90. The number of aliphatic hydroxyl groups excluding tert-OH is 1. The third-order valence-electron chi connectivity index (χ3n) is 6.22. The number of aryl methyl sites for hydroxylation is 2. The summed E-state index contributed by atoms with van der Waals surface area (Å²) in [5.74, 6) is 0.878. The number of benzene rings is 1. The van der Waals surface area contributed by atoms with E-state index >= 15 is 0 Å². The predicted molar refractivity (Wildman–Crippen MR) is 142 cm³/mol. The molecule has 1 aromatic carbocycles. The van der Waals surface area contributed by atoms with Gasteiger partial charge in [-0.05, 0) is 60.9 Å². The molecule has 188 valence electrons. The van der Waals surface area contributed by atoms with Crippen LogP contribution in [0.3, 0.4) is 0 Å². The highest BCUT2D eigenvalue weighted by Gasteiger charge is 2.33. The summed E-state index contributed by atoms with van der Waals surface area (Å²) in [6.45, 7) is 18.7. The molecule has 1 N–H and O–H groups in total. The monoisotopic (exact) mass is 496 g/mol. The summed E-state index contributed by atoms with van der Waals surface area (Å²) in [7, 11) is -3.07. The average molecular weight is 497 g/mol. The number of sulfone groups is 1. The summed E-state index contributed by atoms with van der Waals surface area (Å²) >= 11 is 1.62. The first-order valence-corrected chi connectivity index (χ1v) is 14.8. The van der Waals surface area contributed by atoms with E-state index in [0.717, 1.165) is 34.6 Å². The van der Waals surface area contributed by atoms with Gasteiger partial charge in [0.2, 0.25) is 0 Å². The fraction of sp³-hybridized carbons (Fsp3) is 0.630. The van der Waals surface area contributed by atoms with Crippen LogP contribution in [0.15, 0.2) is 24.3 Å². The molecule has 0 aliphatic rings. The Morgan fingerprint density at radius 1 is 1.03 bits per heavy atom. The molecule has 0 radical (unpaired) electrons. The zero-order chi connectivity index (χ0) is 25.6. The first-order valence-electron chi connectivity index (χ1n) is 11.9. The van der Waals surface area contributed by atoms with Crippen LogP contribution in [-0.4, -0.2) is 32.5 Å². The van der Waals surface area contributed by atoms with Gasteiger partial charge in [-0.3, -0.25) is 0 Å². The van der Waals surface area contributed by atoms with Crippen molar-refractivity contribution in [3.8, 4) is 5.75 Å². The minimum Gasteiger partial charge on any atom is -0.491 e. The van der Waals surface area contributed by atoms with Crippen LogP contribution in [0.2, 0.25) is 0 Å². The van der Waals surface area contributed by atoms with Gasteiger partial charge in [0.15, 0.2) is 9.84 Å². The van der Waals surface area contributed by atoms with Gasteiger partial charge in [0, 0.05) is 21.4 Å². The predicted octanol–water partition coefficient (Wildman–Crippen LogP) is 6.83. The Balaban J connectivity index is 0.00000265. The zero-order valence-corrected chi connectivity index (χ0v) is 23.8. The van der Waals surface area contributed by atoms with Crippen LogP contribution in [0.5, 0.6) is 5.75 Å². The fourth-order valence-electron chi connectivity index (χ4n) is 3.81. The van der Waals surface area contributed by atoms with Gasteiger partial charge in [0.05, 0.1) is 11.9 Å². The molecule has 1 heterocycles. The van der Waals surface area contributed by atoms with Crippen molar-refractivity contribution in [3.63, 3.8) is 0 Å². The third-order valence-corrected chi connectivity index (χ3v) is 8.65. The van der Waals surface area contributed by atoms with Gasteiger partial charge >= 0.3 is 0 Å². The Hall–Kier alpha value is -1.37. The van der Waals surface area contributed by atoms with Gasteiger partial charge in [-0.2, -0.15) is 0 Å². The van der Waals surface area contributed by atoms with Crippen molar-refractivity contribution >= 4 is 21.2 Å². The van der Waals surface area contributed by atoms with E-state index in [2.05, 4.69) is 32.0 Å². The highest BCUT2D eigenvalue weighted by molar-refractivity contribution is 7.90. The van der Waals surface area contributed by atoms with E-state index in [0.29, 0.717) is 0 Å². The van der Waals surface area contributed by atoms with Crippen LogP contribution in [0.4, 0.5) is 0 Å². The lowest BCUT2D eigenvalue weighted by Crippen LogP contribution is -2.32. The van der Waals surface area contributed by atoms with Crippen molar-refractivity contribution in [2.75, 3.05) is 12.9 Å². The molecule has 1 unspecified atom stereocenters. The van der Waals surface area contributed by atoms with Crippen molar-refractivity contribution < 1.29 is 18.3 Å². The standard InChI is InChI=1S/C25H38O4S2.C2H6/c1-9-25(10-2,23-14-18(4)21(30-23)16-31(8,27)28)19-11-12-20(17(3)13-19)29-15-22(26)24(5,6)7;1-2/h11-14,22,26H,9-10,15-16H2,1-8H3;1-2H3. The third kappa shape index (κ3) is 7.56. The molecule has 0 aliphatic heterocycles. The van der Waals surface area contributed by atoms with Gasteiger partial charge < -0.3 is 9.84 Å². The minimum absolute atomic E-state index is 0.0922. The summed E-state index contributed by atoms with van der Waals surface area (Å²) in [5, 5.41) is 10.3. The molecule has 0 spiro atoms. The van der Waals surface area contributed by atoms with Gasteiger partial charge in [0.25, 0.3) is 0 Å². The van der Waals surface area contributed by atoms with E-state index in [4.69, 9.17) is 4.74 Å². The summed E-state index contributed by atoms with van der Waals surface area (Å²) in [4.78, 5) is 2.14. The molecule has 4 nitrogen and oxygen atoms in total. The maximum absolute atomic E-state index is 11.8. The highest BCUT2D eigenvalue weighted by atomic mass is 32.2. The summed E-state index contributed by atoms with van der Waals surface area (Å²) < 4.78 is 29.6. The Morgan fingerprint density at radius 3 is 2.06 bits per heavy atom. The summed E-state index contributed by atoms with van der Waals surface area (Å²) in [6.07, 6.45) is 2.59. The van der Waals surface area contributed by atoms with Crippen molar-refractivity contribution in [3.05, 3.63) is 50.7 Å². The second-order valence-electron chi connectivity index (χ2n) is 9.75. The normalized spacial score (nSPS) is 13.3. The minimum atomic E-state index is -3.07. The second-order valence-corrected chi connectivity index (χ2v) is 13.0. The van der Waals surface area contributed by atoms with Gasteiger partial charge in [0.1, 0.15) is 12.4 Å². The van der Waals surface area contributed by atoms with Crippen LogP contribution >= 0.6 is 11.3 Å². The van der Waals surface area contributed by atoms with E-state index in [1.54, 1.807) is 11.3 Å². The zero-order valence-electron chi connectivity index (χ0n) is 22.2. The van der Waals surface area contributed by atoms with Crippen LogP contribution in [0, 0.1) is 19.3 Å². The average Bonchev–Trinajstić information content (AvgIpc) is 3.08. The van der Waals surface area contributed by atoms with Crippen LogP contribution in [-0.2, 0) is 21.0 Å². The maximum Gasteiger partial charge on any atom is 0.152 e. The SMILES string of the molecule is CC.CCC(CC)(c1ccc(OCC(O)C(C)(C)C)c(C)c1)c1cc(C)c(CS(C)(=O)=O)s1. The van der Waals surface area contributed by atoms with E-state index in [9.17, 15) is 13.5 Å². The molecule has 0 aliphatic carbocycles. The number of aliphatic hydroxyl groups is 1. The van der Waals surface area contributed by atoms with E-state index in [1.165, 1.54) is 16.7 Å². The van der Waals surface area contributed by atoms with Crippen molar-refractivity contribution in [2.45, 2.75) is 92.4 Å². The number of thiophene rings is 1. The molecular formula is C27H44O4S2. The molecule has 2 aromatic rings. The van der Waals surface area contributed by atoms with Crippen LogP contribution in [0.25, 0.3) is 0 Å². The summed E-state index contributed by atoms with van der Waals surface area (Å²) in [6, 6.07) is 8.46. The molecule has 1 aromatic heterocycles. The van der Waals surface area contributed by atoms with E-state index < -0.39 is 15.9 Å². The first kappa shape index (κ1) is 29.7. The Bertz CT molecular complexity index is 994. The Morgan fingerprint density at radius 2 is 1.61 bits per heavy atom. The molecule has 0 saturated heterocycles. The van der Waals surface area contributed by atoms with E-state index in [1.807, 2.05) is 54.5 Å². The molecule has 6 heteroatoms. The maximum atomic E-state index is 11.8. The van der Waals surface area contributed by atoms with E-state index in [-0.39, 0.29) is 23.2 Å². The number of rotatable bonds is 9. The van der Waals surface area contributed by atoms with Gasteiger partial charge in [-0.25, -0.2) is 8.42 Å². The Kier molecular flexibility index (Phi) is 10.7. The fourth-order valence-corrected chi connectivity index (χ4v) is 6.72. The first-order chi connectivity index (χ1) is 15.2. The molecule has 33 heavy (non-hydrogen) atoms. The van der Waals surface area contributed by atoms with Crippen molar-refractivity contribution in [2.24, 2.45) is 5.41 Å². The molecule has 0 bridgehead atoms. The number of hydrogen-bond acceptors (Lipinski definition) is 5.